The predicted octanol–water partition coefficient (Wildman–Crippen LogP) is 7.47. The molecule has 0 spiro atoms. The van der Waals surface area contributed by atoms with Crippen LogP contribution in [0.5, 0.6) is 0 Å². The summed E-state index contributed by atoms with van der Waals surface area (Å²) in [6, 6.07) is 46.8. The molecule has 6 heteroatoms. The SMILES string of the molecule is CC(=O)OCc1ccccc1.O=C(OCc1ccccc1)c1ccccc1.O=Cc1ccccc1.OCc1ccccc1. The molecule has 0 bridgehead atoms. The van der Waals surface area contributed by atoms with E-state index in [4.69, 9.17) is 14.6 Å². The van der Waals surface area contributed by atoms with Gasteiger partial charge >= 0.3 is 11.9 Å². The number of ether oxygens (including phenoxy) is 2. The van der Waals surface area contributed by atoms with Crippen molar-refractivity contribution in [1.82, 2.24) is 0 Å². The van der Waals surface area contributed by atoms with Crippen molar-refractivity contribution in [1.29, 1.82) is 0 Å². The van der Waals surface area contributed by atoms with Gasteiger partial charge in [-0.2, -0.15) is 0 Å². The number of rotatable bonds is 7. The quantitative estimate of drug-likeness (QED) is 0.160. The molecular weight excluding hydrogens is 540 g/mol. The fourth-order valence-corrected chi connectivity index (χ4v) is 3.25. The highest BCUT2D eigenvalue weighted by Gasteiger charge is 2.05. The van der Waals surface area contributed by atoms with E-state index < -0.39 is 0 Å². The molecule has 0 aliphatic rings. The molecule has 43 heavy (non-hydrogen) atoms. The van der Waals surface area contributed by atoms with Gasteiger partial charge in [0, 0.05) is 12.5 Å². The summed E-state index contributed by atoms with van der Waals surface area (Å²) in [5, 5.41) is 8.54. The highest BCUT2D eigenvalue weighted by molar-refractivity contribution is 5.89. The third kappa shape index (κ3) is 15.9. The van der Waals surface area contributed by atoms with E-state index in [0.717, 1.165) is 28.5 Å². The molecule has 0 atom stereocenters. The second-order valence-electron chi connectivity index (χ2n) is 8.87. The van der Waals surface area contributed by atoms with Gasteiger partial charge in [0.15, 0.2) is 0 Å². The molecule has 220 valence electrons. The molecule has 0 radical (unpaired) electrons. The smallest absolute Gasteiger partial charge is 0.338 e. The molecule has 0 aromatic heterocycles. The number of benzene rings is 5. The molecule has 0 fully saturated rings. The van der Waals surface area contributed by atoms with Crippen LogP contribution in [0.2, 0.25) is 0 Å². The minimum atomic E-state index is -0.288. The van der Waals surface area contributed by atoms with Crippen LogP contribution in [0.1, 0.15) is 44.3 Å². The molecule has 0 unspecified atom stereocenters. The van der Waals surface area contributed by atoms with Gasteiger partial charge in [-0.15, -0.1) is 0 Å². The van der Waals surface area contributed by atoms with Crippen molar-refractivity contribution in [3.63, 3.8) is 0 Å². The summed E-state index contributed by atoms with van der Waals surface area (Å²) in [6.45, 7) is 2.23. The first-order chi connectivity index (χ1) is 21.0. The second-order valence-corrected chi connectivity index (χ2v) is 8.87. The van der Waals surface area contributed by atoms with Crippen molar-refractivity contribution in [2.45, 2.75) is 26.7 Å². The van der Waals surface area contributed by atoms with Crippen LogP contribution in [0, 0.1) is 0 Å². The Labute approximate surface area is 253 Å². The van der Waals surface area contributed by atoms with Crippen molar-refractivity contribution in [2.75, 3.05) is 0 Å². The van der Waals surface area contributed by atoms with Gasteiger partial charge in [0.05, 0.1) is 12.2 Å². The monoisotopic (exact) mass is 576 g/mol. The first-order valence-corrected chi connectivity index (χ1v) is 13.6. The van der Waals surface area contributed by atoms with Gasteiger partial charge in [-0.25, -0.2) is 4.79 Å². The Hall–Kier alpha value is -5.33. The van der Waals surface area contributed by atoms with Gasteiger partial charge in [-0.3, -0.25) is 9.59 Å². The first-order valence-electron chi connectivity index (χ1n) is 13.6. The normalized spacial score (nSPS) is 9.26. The van der Waals surface area contributed by atoms with Crippen LogP contribution in [0.4, 0.5) is 0 Å². The fourth-order valence-electron chi connectivity index (χ4n) is 3.25. The number of hydrogen-bond donors (Lipinski definition) is 1. The van der Waals surface area contributed by atoms with Crippen LogP contribution in [0.15, 0.2) is 152 Å². The number of esters is 2. The summed E-state index contributed by atoms with van der Waals surface area (Å²) < 4.78 is 9.96. The molecule has 5 aromatic rings. The molecule has 0 saturated heterocycles. The van der Waals surface area contributed by atoms with E-state index in [-0.39, 0.29) is 18.5 Å². The van der Waals surface area contributed by atoms with E-state index in [1.807, 2.05) is 127 Å². The molecule has 0 aliphatic carbocycles. The van der Waals surface area contributed by atoms with Gasteiger partial charge in [0.2, 0.25) is 0 Å². The van der Waals surface area contributed by atoms with Crippen LogP contribution >= 0.6 is 0 Å². The highest BCUT2D eigenvalue weighted by atomic mass is 16.5. The van der Waals surface area contributed by atoms with E-state index >= 15 is 0 Å². The van der Waals surface area contributed by atoms with Crippen molar-refractivity contribution in [3.8, 4) is 0 Å². The maximum Gasteiger partial charge on any atom is 0.338 e. The van der Waals surface area contributed by atoms with E-state index in [0.29, 0.717) is 18.8 Å². The molecule has 0 amide bonds. The lowest BCUT2D eigenvalue weighted by Gasteiger charge is -2.04. The van der Waals surface area contributed by atoms with Gasteiger partial charge in [-0.05, 0) is 28.8 Å². The number of aliphatic hydroxyl groups excluding tert-OH is 1. The summed E-state index contributed by atoms with van der Waals surface area (Å²) in [5.41, 5.74) is 4.29. The van der Waals surface area contributed by atoms with Crippen molar-refractivity contribution < 1.29 is 29.0 Å². The average molecular weight is 577 g/mol. The lowest BCUT2D eigenvalue weighted by molar-refractivity contribution is -0.142. The number of aldehydes is 1. The summed E-state index contributed by atoms with van der Waals surface area (Å²) >= 11 is 0. The van der Waals surface area contributed by atoms with Crippen LogP contribution in [-0.4, -0.2) is 23.3 Å². The zero-order valence-electron chi connectivity index (χ0n) is 24.1. The Morgan fingerprint density at radius 3 is 1.28 bits per heavy atom. The average Bonchev–Trinajstić information content (AvgIpc) is 3.09. The Bertz CT molecular complexity index is 1430. The summed E-state index contributed by atoms with van der Waals surface area (Å²) in [5.74, 6) is -0.529. The Morgan fingerprint density at radius 1 is 0.558 bits per heavy atom. The second kappa shape index (κ2) is 21.4. The maximum atomic E-state index is 11.6. The van der Waals surface area contributed by atoms with E-state index in [9.17, 15) is 14.4 Å². The Balaban J connectivity index is 0.000000210. The number of carbonyl (C=O) groups excluding carboxylic acids is 3. The van der Waals surface area contributed by atoms with E-state index in [2.05, 4.69) is 0 Å². The van der Waals surface area contributed by atoms with Gasteiger partial charge < -0.3 is 14.6 Å². The van der Waals surface area contributed by atoms with Crippen molar-refractivity contribution in [2.24, 2.45) is 0 Å². The van der Waals surface area contributed by atoms with Crippen LogP contribution < -0.4 is 0 Å². The van der Waals surface area contributed by atoms with Crippen molar-refractivity contribution in [3.05, 3.63) is 179 Å². The number of aliphatic hydroxyl groups is 1. The standard InChI is InChI=1S/C14H12O2.C9H10O2.C7H8O.C7H6O/c15-14(13-9-5-2-6-10-13)16-11-12-7-3-1-4-8-12;1-8(10)11-7-9-5-3-2-4-6-9;2*8-6-7-4-2-1-3-5-7/h1-10H,11H2;2-6H,7H2,1H3;1-5,8H,6H2;1-6H. The third-order valence-corrected chi connectivity index (χ3v) is 5.47. The lowest BCUT2D eigenvalue weighted by Crippen LogP contribution is -2.04. The summed E-state index contributed by atoms with van der Waals surface area (Å²) in [4.78, 5) is 32.0. The zero-order valence-corrected chi connectivity index (χ0v) is 24.1. The molecule has 0 aliphatic heterocycles. The molecule has 6 nitrogen and oxygen atoms in total. The largest absolute Gasteiger partial charge is 0.461 e. The van der Waals surface area contributed by atoms with Crippen LogP contribution in [0.25, 0.3) is 0 Å². The molecule has 5 rings (SSSR count). The minimum absolute atomic E-state index is 0.140. The number of carbonyl (C=O) groups is 3. The third-order valence-electron chi connectivity index (χ3n) is 5.47. The molecule has 1 N–H and O–H groups in total. The van der Waals surface area contributed by atoms with Crippen LogP contribution in [0.3, 0.4) is 0 Å². The van der Waals surface area contributed by atoms with Gasteiger partial charge in [0.1, 0.15) is 19.5 Å². The molecule has 0 saturated carbocycles. The summed E-state index contributed by atoms with van der Waals surface area (Å²) in [6.07, 6.45) is 0.833. The number of hydrogen-bond acceptors (Lipinski definition) is 6. The first kappa shape index (κ1) is 33.9. The van der Waals surface area contributed by atoms with E-state index in [1.54, 1.807) is 24.3 Å². The predicted molar refractivity (Wildman–Crippen MR) is 168 cm³/mol. The Morgan fingerprint density at radius 2 is 0.930 bits per heavy atom. The topological polar surface area (TPSA) is 89.9 Å². The van der Waals surface area contributed by atoms with E-state index in [1.165, 1.54) is 6.92 Å². The maximum absolute atomic E-state index is 11.6. The molecule has 5 aromatic carbocycles. The van der Waals surface area contributed by atoms with Crippen LogP contribution in [-0.2, 0) is 34.1 Å². The fraction of sp³-hybridized carbons (Fsp3) is 0.108. The van der Waals surface area contributed by atoms with Gasteiger partial charge in [0.25, 0.3) is 0 Å². The molecule has 0 heterocycles. The lowest BCUT2D eigenvalue weighted by atomic mass is 10.2. The molecular formula is C37H36O6. The highest BCUT2D eigenvalue weighted by Crippen LogP contribution is 2.06. The Kier molecular flexibility index (Phi) is 16.9. The summed E-state index contributed by atoms with van der Waals surface area (Å²) in [7, 11) is 0. The van der Waals surface area contributed by atoms with Crippen molar-refractivity contribution >= 4 is 18.2 Å². The zero-order chi connectivity index (χ0) is 31.0. The van der Waals surface area contributed by atoms with Gasteiger partial charge in [-0.1, -0.05) is 140 Å². The minimum Gasteiger partial charge on any atom is -0.461 e.